The second kappa shape index (κ2) is 6.76. The van der Waals surface area contributed by atoms with Gasteiger partial charge >= 0.3 is 11.8 Å². The average Bonchev–Trinajstić information content (AvgIpc) is 2.87. The normalized spacial score (nSPS) is 10.2. The van der Waals surface area contributed by atoms with Crippen LogP contribution in [0.1, 0.15) is 11.3 Å². The van der Waals surface area contributed by atoms with Gasteiger partial charge in [0.2, 0.25) is 0 Å². The molecule has 0 spiro atoms. The van der Waals surface area contributed by atoms with Crippen molar-refractivity contribution in [2.45, 2.75) is 13.8 Å². The van der Waals surface area contributed by atoms with Crippen molar-refractivity contribution >= 4 is 45.6 Å². The Morgan fingerprint density at radius 1 is 1.23 bits per heavy atom. The van der Waals surface area contributed by atoms with Gasteiger partial charge in [0.05, 0.1) is 18.5 Å². The first-order chi connectivity index (χ1) is 10.4. The molecule has 2 N–H and O–H groups in total. The monoisotopic (exact) mass is 339 g/mol. The molecule has 22 heavy (non-hydrogen) atoms. The largest absolute Gasteiger partial charge is 0.495 e. The van der Waals surface area contributed by atoms with Crippen LogP contribution in [0.3, 0.4) is 0 Å². The standard InChI is InChI=1S/C14H14ClN3O3S/c1-7-4-10(11(21-3)5-9(7)15)17-12(19)13(20)18-14-16-8(2)6-22-14/h4-6H,1-3H3,(H,17,19)(H,16,18,20). The summed E-state index contributed by atoms with van der Waals surface area (Å²) < 4.78 is 5.14. The molecule has 6 nitrogen and oxygen atoms in total. The van der Waals surface area contributed by atoms with E-state index in [0.717, 1.165) is 11.3 Å². The highest BCUT2D eigenvalue weighted by Gasteiger charge is 2.18. The molecule has 0 fully saturated rings. The highest BCUT2D eigenvalue weighted by atomic mass is 35.5. The summed E-state index contributed by atoms with van der Waals surface area (Å²) in [5.41, 5.74) is 1.91. The Balaban J connectivity index is 2.11. The molecule has 1 aromatic carbocycles. The van der Waals surface area contributed by atoms with Gasteiger partial charge in [0, 0.05) is 16.5 Å². The van der Waals surface area contributed by atoms with Gasteiger partial charge in [0.25, 0.3) is 0 Å². The van der Waals surface area contributed by atoms with Gasteiger partial charge in [-0.3, -0.25) is 14.9 Å². The molecule has 1 aromatic heterocycles. The van der Waals surface area contributed by atoms with E-state index in [0.29, 0.717) is 21.6 Å². The molecule has 2 rings (SSSR count). The summed E-state index contributed by atoms with van der Waals surface area (Å²) >= 11 is 7.24. The van der Waals surface area contributed by atoms with Gasteiger partial charge < -0.3 is 10.1 Å². The van der Waals surface area contributed by atoms with E-state index in [1.54, 1.807) is 31.4 Å². The van der Waals surface area contributed by atoms with Gasteiger partial charge in [-0.05, 0) is 25.5 Å². The maximum Gasteiger partial charge on any atom is 0.315 e. The van der Waals surface area contributed by atoms with Crippen molar-refractivity contribution in [2.24, 2.45) is 0 Å². The van der Waals surface area contributed by atoms with Crippen LogP contribution < -0.4 is 15.4 Å². The lowest BCUT2D eigenvalue weighted by Gasteiger charge is -2.11. The Hall–Kier alpha value is -2.12. The van der Waals surface area contributed by atoms with Crippen LogP contribution in [0.15, 0.2) is 17.5 Å². The summed E-state index contributed by atoms with van der Waals surface area (Å²) in [6.07, 6.45) is 0. The SMILES string of the molecule is COc1cc(Cl)c(C)cc1NC(=O)C(=O)Nc1nc(C)cs1. The minimum atomic E-state index is -0.812. The Morgan fingerprint density at radius 2 is 1.91 bits per heavy atom. The van der Waals surface area contributed by atoms with Crippen molar-refractivity contribution in [3.8, 4) is 5.75 Å². The van der Waals surface area contributed by atoms with Crippen molar-refractivity contribution < 1.29 is 14.3 Å². The van der Waals surface area contributed by atoms with Gasteiger partial charge in [0.1, 0.15) is 5.75 Å². The van der Waals surface area contributed by atoms with E-state index in [2.05, 4.69) is 15.6 Å². The molecule has 0 saturated heterocycles. The van der Waals surface area contributed by atoms with Crippen LogP contribution in [0.4, 0.5) is 10.8 Å². The number of ether oxygens (including phenoxy) is 1. The Labute approximate surface area is 136 Å². The molecular formula is C14H14ClN3O3S. The first kappa shape index (κ1) is 16.3. The third-order valence-corrected chi connectivity index (χ3v) is 4.06. The minimum Gasteiger partial charge on any atom is -0.495 e. The lowest BCUT2D eigenvalue weighted by molar-refractivity contribution is -0.133. The zero-order valence-corrected chi connectivity index (χ0v) is 13.8. The zero-order valence-electron chi connectivity index (χ0n) is 12.2. The molecule has 0 saturated carbocycles. The number of nitrogens with one attached hydrogen (secondary N) is 2. The summed E-state index contributed by atoms with van der Waals surface area (Å²) in [4.78, 5) is 27.9. The third kappa shape index (κ3) is 3.75. The van der Waals surface area contributed by atoms with Crippen molar-refractivity contribution in [2.75, 3.05) is 17.7 Å². The molecule has 0 radical (unpaired) electrons. The van der Waals surface area contributed by atoms with E-state index < -0.39 is 11.8 Å². The van der Waals surface area contributed by atoms with Crippen LogP contribution in [0, 0.1) is 13.8 Å². The van der Waals surface area contributed by atoms with E-state index >= 15 is 0 Å². The Bertz CT molecular complexity index is 730. The average molecular weight is 340 g/mol. The molecule has 2 amide bonds. The van der Waals surface area contributed by atoms with Crippen molar-refractivity contribution in [3.05, 3.63) is 33.8 Å². The number of anilines is 2. The number of carbonyl (C=O) groups excluding carboxylic acids is 2. The third-order valence-electron chi connectivity index (χ3n) is 2.77. The van der Waals surface area contributed by atoms with Gasteiger partial charge in [-0.1, -0.05) is 11.6 Å². The van der Waals surface area contributed by atoms with E-state index in [4.69, 9.17) is 16.3 Å². The van der Waals surface area contributed by atoms with E-state index in [1.165, 1.54) is 18.4 Å². The number of hydrogen-bond acceptors (Lipinski definition) is 5. The quantitative estimate of drug-likeness (QED) is 0.842. The minimum absolute atomic E-state index is 0.372. The van der Waals surface area contributed by atoms with E-state index in [9.17, 15) is 9.59 Å². The Morgan fingerprint density at radius 3 is 2.50 bits per heavy atom. The second-order valence-corrected chi connectivity index (χ2v) is 5.77. The maximum absolute atomic E-state index is 12.0. The smallest absolute Gasteiger partial charge is 0.315 e. The zero-order chi connectivity index (χ0) is 16.3. The van der Waals surface area contributed by atoms with Crippen molar-refractivity contribution in [1.29, 1.82) is 0 Å². The number of thiazole rings is 1. The summed E-state index contributed by atoms with van der Waals surface area (Å²) in [7, 11) is 1.45. The summed E-state index contributed by atoms with van der Waals surface area (Å²) in [5, 5.41) is 7.59. The van der Waals surface area contributed by atoms with Crippen LogP contribution in [0.25, 0.3) is 0 Å². The number of halogens is 1. The van der Waals surface area contributed by atoms with Crippen LogP contribution in [-0.4, -0.2) is 23.9 Å². The van der Waals surface area contributed by atoms with Crippen molar-refractivity contribution in [3.63, 3.8) is 0 Å². The second-order valence-electron chi connectivity index (χ2n) is 4.50. The molecule has 0 atom stereocenters. The molecule has 1 heterocycles. The topological polar surface area (TPSA) is 80.3 Å². The maximum atomic E-state index is 12.0. The number of hydrogen-bond donors (Lipinski definition) is 2. The van der Waals surface area contributed by atoms with Gasteiger partial charge in [-0.15, -0.1) is 11.3 Å². The molecule has 0 aliphatic rings. The van der Waals surface area contributed by atoms with Crippen LogP contribution >= 0.6 is 22.9 Å². The van der Waals surface area contributed by atoms with Gasteiger partial charge in [-0.2, -0.15) is 0 Å². The summed E-state index contributed by atoms with van der Waals surface area (Å²) in [5.74, 6) is -1.24. The molecule has 0 unspecified atom stereocenters. The number of nitrogens with zero attached hydrogens (tertiary/aromatic N) is 1. The number of aromatic nitrogens is 1. The molecule has 116 valence electrons. The fourth-order valence-corrected chi connectivity index (χ4v) is 2.51. The number of rotatable bonds is 3. The lowest BCUT2D eigenvalue weighted by atomic mass is 10.2. The van der Waals surface area contributed by atoms with Crippen LogP contribution in [0.5, 0.6) is 5.75 Å². The van der Waals surface area contributed by atoms with Crippen LogP contribution in [0.2, 0.25) is 5.02 Å². The first-order valence-electron chi connectivity index (χ1n) is 6.29. The van der Waals surface area contributed by atoms with Gasteiger partial charge in [0.15, 0.2) is 5.13 Å². The summed E-state index contributed by atoms with van der Waals surface area (Å²) in [6, 6.07) is 3.22. The number of carbonyl (C=O) groups is 2. The number of benzene rings is 1. The fourth-order valence-electron chi connectivity index (χ4n) is 1.67. The highest BCUT2D eigenvalue weighted by Crippen LogP contribution is 2.30. The van der Waals surface area contributed by atoms with E-state index in [-0.39, 0.29) is 0 Å². The molecule has 2 aromatic rings. The first-order valence-corrected chi connectivity index (χ1v) is 7.55. The Kier molecular flexibility index (Phi) is 4.99. The van der Waals surface area contributed by atoms with Gasteiger partial charge in [-0.25, -0.2) is 4.98 Å². The number of amides is 2. The molecule has 0 bridgehead atoms. The van der Waals surface area contributed by atoms with Crippen LogP contribution in [-0.2, 0) is 9.59 Å². The number of methoxy groups -OCH3 is 1. The molecule has 8 heteroatoms. The lowest BCUT2D eigenvalue weighted by Crippen LogP contribution is -2.29. The predicted octanol–water partition coefficient (Wildman–Crippen LogP) is 3.00. The molecule has 0 aliphatic heterocycles. The van der Waals surface area contributed by atoms with Crippen molar-refractivity contribution in [1.82, 2.24) is 4.98 Å². The van der Waals surface area contributed by atoms with E-state index in [1.807, 2.05) is 0 Å². The molecule has 0 aliphatic carbocycles. The predicted molar refractivity (Wildman–Crippen MR) is 86.9 cm³/mol. The highest BCUT2D eigenvalue weighted by molar-refractivity contribution is 7.14. The number of aryl methyl sites for hydroxylation is 2. The summed E-state index contributed by atoms with van der Waals surface area (Å²) in [6.45, 7) is 3.59. The fraction of sp³-hybridized carbons (Fsp3) is 0.214. The molecular weight excluding hydrogens is 326 g/mol.